The average Bonchev–Trinajstić information content (AvgIpc) is 2.15. The normalized spacial score (nSPS) is 9.43. The van der Waals surface area contributed by atoms with E-state index in [0.29, 0.717) is 11.4 Å². The highest BCUT2D eigenvalue weighted by atomic mass is 16.6. The predicted molar refractivity (Wildman–Crippen MR) is 51.9 cm³/mol. The fraction of sp³-hybridized carbons (Fsp3) is 0.222. The first-order valence-corrected chi connectivity index (χ1v) is 4.09. The van der Waals surface area contributed by atoms with E-state index < -0.39 is 6.09 Å². The zero-order chi connectivity index (χ0) is 10.4. The van der Waals surface area contributed by atoms with Gasteiger partial charge < -0.3 is 20.9 Å². The molecule has 0 saturated heterocycles. The van der Waals surface area contributed by atoms with Gasteiger partial charge in [0.25, 0.3) is 0 Å². The van der Waals surface area contributed by atoms with Crippen LogP contribution >= 0.6 is 0 Å². The Balaban J connectivity index is 2.25. The van der Waals surface area contributed by atoms with Crippen LogP contribution in [0.25, 0.3) is 0 Å². The number of hydrogen-bond acceptors (Lipinski definition) is 4. The first kappa shape index (κ1) is 10.2. The number of hydrogen-bond donors (Lipinski definition) is 2. The van der Waals surface area contributed by atoms with Crippen LogP contribution in [0.4, 0.5) is 10.5 Å². The first-order valence-electron chi connectivity index (χ1n) is 4.09. The van der Waals surface area contributed by atoms with E-state index in [1.54, 1.807) is 24.3 Å². The van der Waals surface area contributed by atoms with Gasteiger partial charge in [-0.15, -0.1) is 0 Å². The minimum atomic E-state index is -0.800. The van der Waals surface area contributed by atoms with Gasteiger partial charge in [-0.3, -0.25) is 0 Å². The zero-order valence-corrected chi connectivity index (χ0v) is 7.60. The summed E-state index contributed by atoms with van der Waals surface area (Å²) in [6.45, 7) is 0.409. The molecule has 1 aromatic rings. The third kappa shape index (κ3) is 3.66. The van der Waals surface area contributed by atoms with Crippen LogP contribution in [0, 0.1) is 0 Å². The van der Waals surface area contributed by atoms with Crippen molar-refractivity contribution in [2.24, 2.45) is 5.73 Å². The smallest absolute Gasteiger partial charge is 0.404 e. The second kappa shape index (κ2) is 4.96. The van der Waals surface area contributed by atoms with Gasteiger partial charge >= 0.3 is 6.09 Å². The Morgan fingerprint density at radius 3 is 2.43 bits per heavy atom. The van der Waals surface area contributed by atoms with Gasteiger partial charge in [-0.2, -0.15) is 0 Å². The lowest BCUT2D eigenvalue weighted by Crippen LogP contribution is -2.17. The molecule has 1 aromatic carbocycles. The maximum absolute atomic E-state index is 10.2. The molecular formula is C9H12N2O3. The van der Waals surface area contributed by atoms with Crippen molar-refractivity contribution in [2.45, 2.75) is 0 Å². The summed E-state index contributed by atoms with van der Waals surface area (Å²) in [4.78, 5) is 10.2. The lowest BCUT2D eigenvalue weighted by molar-refractivity contribution is 0.134. The molecule has 0 aromatic heterocycles. The number of anilines is 1. The fourth-order valence-corrected chi connectivity index (χ4v) is 0.866. The highest BCUT2D eigenvalue weighted by molar-refractivity contribution is 5.64. The molecule has 76 valence electrons. The first-order chi connectivity index (χ1) is 6.68. The molecule has 0 aliphatic carbocycles. The number of primary amides is 1. The quantitative estimate of drug-likeness (QED) is 0.549. The van der Waals surface area contributed by atoms with Gasteiger partial charge in [0, 0.05) is 5.69 Å². The highest BCUT2D eigenvalue weighted by Crippen LogP contribution is 2.12. The van der Waals surface area contributed by atoms with Gasteiger partial charge in [0.05, 0.1) is 0 Å². The van der Waals surface area contributed by atoms with Gasteiger partial charge in [-0.25, -0.2) is 4.79 Å². The van der Waals surface area contributed by atoms with E-state index in [2.05, 4.69) is 4.74 Å². The molecular weight excluding hydrogens is 184 g/mol. The number of benzene rings is 1. The Hall–Kier alpha value is -1.91. The minimum Gasteiger partial charge on any atom is -0.490 e. The molecule has 0 saturated carbocycles. The van der Waals surface area contributed by atoms with Gasteiger partial charge in [0.2, 0.25) is 0 Å². The molecule has 0 radical (unpaired) electrons. The van der Waals surface area contributed by atoms with E-state index in [1.165, 1.54) is 0 Å². The molecule has 5 heteroatoms. The third-order valence-electron chi connectivity index (χ3n) is 1.48. The summed E-state index contributed by atoms with van der Waals surface area (Å²) in [5.74, 6) is 0.673. The summed E-state index contributed by atoms with van der Waals surface area (Å²) < 4.78 is 9.70. The van der Waals surface area contributed by atoms with E-state index in [-0.39, 0.29) is 13.2 Å². The Morgan fingerprint density at radius 1 is 1.21 bits per heavy atom. The molecule has 0 bridgehead atoms. The van der Waals surface area contributed by atoms with Gasteiger partial charge in [0.15, 0.2) is 0 Å². The molecule has 0 aliphatic heterocycles. The molecule has 0 atom stereocenters. The van der Waals surface area contributed by atoms with Crippen LogP contribution in [0.5, 0.6) is 5.75 Å². The lowest BCUT2D eigenvalue weighted by Gasteiger charge is -2.05. The summed E-state index contributed by atoms with van der Waals surface area (Å²) >= 11 is 0. The molecule has 14 heavy (non-hydrogen) atoms. The number of nitrogen functional groups attached to an aromatic ring is 1. The molecule has 5 nitrogen and oxygen atoms in total. The van der Waals surface area contributed by atoms with E-state index in [1.807, 2.05) is 0 Å². The lowest BCUT2D eigenvalue weighted by atomic mass is 10.3. The van der Waals surface area contributed by atoms with Crippen molar-refractivity contribution >= 4 is 11.8 Å². The van der Waals surface area contributed by atoms with Crippen molar-refractivity contribution < 1.29 is 14.3 Å². The SMILES string of the molecule is NC(=O)OCCOc1ccc(N)cc1. The van der Waals surface area contributed by atoms with Crippen LogP contribution in [0.2, 0.25) is 0 Å². The van der Waals surface area contributed by atoms with Crippen molar-refractivity contribution in [1.82, 2.24) is 0 Å². The maximum atomic E-state index is 10.2. The standard InChI is InChI=1S/C9H12N2O3/c10-7-1-3-8(4-2-7)13-5-6-14-9(11)12/h1-4H,5-6,10H2,(H2,11,12). The molecule has 0 aliphatic rings. The van der Waals surface area contributed by atoms with Crippen molar-refractivity contribution in [3.05, 3.63) is 24.3 Å². The van der Waals surface area contributed by atoms with Crippen LogP contribution in [0.1, 0.15) is 0 Å². The summed E-state index contributed by atoms with van der Waals surface area (Å²) in [6, 6.07) is 6.92. The van der Waals surface area contributed by atoms with E-state index >= 15 is 0 Å². The Kier molecular flexibility index (Phi) is 3.60. The van der Waals surface area contributed by atoms with Crippen molar-refractivity contribution in [3.63, 3.8) is 0 Å². The third-order valence-corrected chi connectivity index (χ3v) is 1.48. The van der Waals surface area contributed by atoms with Crippen molar-refractivity contribution in [3.8, 4) is 5.75 Å². The van der Waals surface area contributed by atoms with Crippen LogP contribution in [-0.2, 0) is 4.74 Å². The molecule has 1 rings (SSSR count). The minimum absolute atomic E-state index is 0.139. The largest absolute Gasteiger partial charge is 0.490 e. The fourth-order valence-electron chi connectivity index (χ4n) is 0.866. The monoisotopic (exact) mass is 196 g/mol. The van der Waals surface area contributed by atoms with E-state index in [9.17, 15) is 4.79 Å². The number of carbonyl (C=O) groups is 1. The number of ether oxygens (including phenoxy) is 2. The number of nitrogens with two attached hydrogens (primary N) is 2. The van der Waals surface area contributed by atoms with Crippen LogP contribution in [0.3, 0.4) is 0 Å². The number of carbonyl (C=O) groups excluding carboxylic acids is 1. The van der Waals surface area contributed by atoms with Gasteiger partial charge in [-0.1, -0.05) is 0 Å². The Labute approximate surface area is 81.6 Å². The maximum Gasteiger partial charge on any atom is 0.404 e. The zero-order valence-electron chi connectivity index (χ0n) is 7.60. The summed E-state index contributed by atoms with van der Waals surface area (Å²) in [6.07, 6.45) is -0.800. The predicted octanol–water partition coefficient (Wildman–Crippen LogP) is 0.743. The number of rotatable bonds is 4. The second-order valence-electron chi connectivity index (χ2n) is 2.58. The molecule has 0 spiro atoms. The molecule has 0 heterocycles. The summed E-state index contributed by atoms with van der Waals surface area (Å²) in [7, 11) is 0. The van der Waals surface area contributed by atoms with Crippen LogP contribution in [-0.4, -0.2) is 19.3 Å². The molecule has 1 amide bonds. The molecule has 0 unspecified atom stereocenters. The molecule has 4 N–H and O–H groups in total. The van der Waals surface area contributed by atoms with E-state index in [0.717, 1.165) is 0 Å². The topological polar surface area (TPSA) is 87.6 Å². The summed E-state index contributed by atoms with van der Waals surface area (Å²) in [5, 5.41) is 0. The Morgan fingerprint density at radius 2 is 1.86 bits per heavy atom. The van der Waals surface area contributed by atoms with Crippen molar-refractivity contribution in [1.29, 1.82) is 0 Å². The Bertz CT molecular complexity index is 297. The van der Waals surface area contributed by atoms with Gasteiger partial charge in [0.1, 0.15) is 19.0 Å². The van der Waals surface area contributed by atoms with Crippen LogP contribution < -0.4 is 16.2 Å². The summed E-state index contributed by atoms with van der Waals surface area (Å²) in [5.41, 5.74) is 10.9. The van der Waals surface area contributed by atoms with Gasteiger partial charge in [-0.05, 0) is 24.3 Å². The number of amides is 1. The average molecular weight is 196 g/mol. The highest BCUT2D eigenvalue weighted by Gasteiger charge is 1.95. The second-order valence-corrected chi connectivity index (χ2v) is 2.58. The van der Waals surface area contributed by atoms with Crippen LogP contribution in [0.15, 0.2) is 24.3 Å². The van der Waals surface area contributed by atoms with E-state index in [4.69, 9.17) is 16.2 Å². The molecule has 0 fully saturated rings. The van der Waals surface area contributed by atoms with Crippen molar-refractivity contribution in [2.75, 3.05) is 18.9 Å².